The van der Waals surface area contributed by atoms with Crippen molar-refractivity contribution in [1.29, 1.82) is 0 Å². The minimum absolute atomic E-state index is 0. The molecule has 1 aliphatic heterocycles. The summed E-state index contributed by atoms with van der Waals surface area (Å²) >= 11 is 0. The Balaban J connectivity index is 0.00000144. The van der Waals surface area contributed by atoms with E-state index in [2.05, 4.69) is 34.7 Å². The molecule has 96 valence electrons. The first-order chi connectivity index (χ1) is 7.68. The topological polar surface area (TPSA) is 69.8 Å². The van der Waals surface area contributed by atoms with E-state index in [1.165, 1.54) is 0 Å². The Labute approximate surface area is 107 Å². The molecule has 3 atom stereocenters. The monoisotopic (exact) mass is 258 g/mol. The van der Waals surface area contributed by atoms with Gasteiger partial charge in [0.2, 0.25) is 0 Å². The van der Waals surface area contributed by atoms with Crippen molar-refractivity contribution in [1.82, 2.24) is 20.8 Å². The molecule has 0 aromatic carbocycles. The van der Waals surface area contributed by atoms with Crippen LogP contribution in [0.25, 0.3) is 0 Å². The Morgan fingerprint density at radius 2 is 2.29 bits per heavy atom. The molecule has 17 heavy (non-hydrogen) atoms. The van der Waals surface area contributed by atoms with Crippen molar-refractivity contribution in [3.8, 4) is 0 Å². The summed E-state index contributed by atoms with van der Waals surface area (Å²) < 4.78 is 0. The van der Waals surface area contributed by atoms with Gasteiger partial charge in [0.15, 0.2) is 0 Å². The van der Waals surface area contributed by atoms with E-state index in [1.54, 1.807) is 12.3 Å². The van der Waals surface area contributed by atoms with Gasteiger partial charge < -0.3 is 10.6 Å². The standard InChI is InChI=1S/C11H18N4O.ClH/c1-7-3-5-12-8(2)10(7)14-11(16)9-4-6-13-15-9;/h4,6-8,10,12H,3,5H2,1-2H3,(H,13,15)(H,14,16);1H. The summed E-state index contributed by atoms with van der Waals surface area (Å²) in [5.41, 5.74) is 0.518. The zero-order chi connectivity index (χ0) is 11.5. The number of hydrogen-bond acceptors (Lipinski definition) is 3. The van der Waals surface area contributed by atoms with Gasteiger partial charge in [0.05, 0.1) is 0 Å². The molecule has 0 radical (unpaired) electrons. The molecule has 1 fully saturated rings. The first-order valence-electron chi connectivity index (χ1n) is 5.72. The van der Waals surface area contributed by atoms with Gasteiger partial charge in [-0.25, -0.2) is 0 Å². The Morgan fingerprint density at radius 1 is 1.53 bits per heavy atom. The molecule has 0 saturated carbocycles. The fraction of sp³-hybridized carbons (Fsp3) is 0.636. The Morgan fingerprint density at radius 3 is 2.88 bits per heavy atom. The maximum atomic E-state index is 11.9. The number of rotatable bonds is 2. The highest BCUT2D eigenvalue weighted by molar-refractivity contribution is 5.92. The van der Waals surface area contributed by atoms with E-state index >= 15 is 0 Å². The highest BCUT2D eigenvalue weighted by Gasteiger charge is 2.29. The summed E-state index contributed by atoms with van der Waals surface area (Å²) in [4.78, 5) is 11.9. The van der Waals surface area contributed by atoms with Gasteiger partial charge in [-0.2, -0.15) is 5.10 Å². The molecule has 2 heterocycles. The van der Waals surface area contributed by atoms with Crippen molar-refractivity contribution in [2.75, 3.05) is 6.54 Å². The molecule has 1 aliphatic rings. The van der Waals surface area contributed by atoms with Crippen LogP contribution in [0.1, 0.15) is 30.8 Å². The number of hydrogen-bond donors (Lipinski definition) is 3. The minimum atomic E-state index is -0.0788. The summed E-state index contributed by atoms with van der Waals surface area (Å²) in [5.74, 6) is 0.424. The molecular formula is C11H19ClN4O. The maximum Gasteiger partial charge on any atom is 0.269 e. The van der Waals surface area contributed by atoms with Crippen molar-refractivity contribution >= 4 is 18.3 Å². The predicted molar refractivity (Wildman–Crippen MR) is 68.3 cm³/mol. The lowest BCUT2D eigenvalue weighted by Gasteiger charge is -2.35. The molecule has 0 spiro atoms. The van der Waals surface area contributed by atoms with Crippen molar-refractivity contribution in [3.63, 3.8) is 0 Å². The lowest BCUT2D eigenvalue weighted by Crippen LogP contribution is -2.55. The number of piperidine rings is 1. The molecule has 1 amide bonds. The van der Waals surface area contributed by atoms with E-state index < -0.39 is 0 Å². The van der Waals surface area contributed by atoms with Crippen LogP contribution in [0, 0.1) is 5.92 Å². The van der Waals surface area contributed by atoms with E-state index in [0.29, 0.717) is 17.7 Å². The van der Waals surface area contributed by atoms with E-state index in [1.807, 2.05) is 0 Å². The van der Waals surface area contributed by atoms with Gasteiger partial charge in [-0.05, 0) is 31.9 Å². The number of H-pyrrole nitrogens is 1. The number of carbonyl (C=O) groups excluding carboxylic acids is 1. The number of aromatic nitrogens is 2. The molecule has 3 unspecified atom stereocenters. The number of amides is 1. The number of nitrogens with zero attached hydrogens (tertiary/aromatic N) is 1. The van der Waals surface area contributed by atoms with Crippen LogP contribution in [0.15, 0.2) is 12.3 Å². The second-order valence-corrected chi connectivity index (χ2v) is 4.48. The average molecular weight is 259 g/mol. The SMILES string of the molecule is CC1CCNC(C)C1NC(=O)c1ccn[nH]1.Cl. The van der Waals surface area contributed by atoms with Gasteiger partial charge in [-0.1, -0.05) is 6.92 Å². The van der Waals surface area contributed by atoms with Crippen LogP contribution in [0.3, 0.4) is 0 Å². The Bertz CT molecular complexity index is 344. The summed E-state index contributed by atoms with van der Waals surface area (Å²) in [7, 11) is 0. The molecule has 1 aromatic heterocycles. The highest BCUT2D eigenvalue weighted by Crippen LogP contribution is 2.16. The number of carbonyl (C=O) groups is 1. The van der Waals surface area contributed by atoms with Crippen LogP contribution in [0.4, 0.5) is 0 Å². The van der Waals surface area contributed by atoms with Crippen molar-refractivity contribution < 1.29 is 4.79 Å². The third-order valence-corrected chi connectivity index (χ3v) is 3.26. The number of aromatic amines is 1. The largest absolute Gasteiger partial charge is 0.346 e. The molecule has 1 saturated heterocycles. The Kier molecular flexibility index (Phi) is 4.96. The van der Waals surface area contributed by atoms with E-state index in [9.17, 15) is 4.79 Å². The van der Waals surface area contributed by atoms with Gasteiger partial charge in [-0.3, -0.25) is 9.89 Å². The Hall–Kier alpha value is -1.07. The summed E-state index contributed by atoms with van der Waals surface area (Å²) in [6.45, 7) is 5.31. The van der Waals surface area contributed by atoms with Crippen LogP contribution < -0.4 is 10.6 Å². The van der Waals surface area contributed by atoms with Gasteiger partial charge in [0.1, 0.15) is 5.69 Å². The molecule has 0 bridgehead atoms. The zero-order valence-corrected chi connectivity index (χ0v) is 10.9. The van der Waals surface area contributed by atoms with Gasteiger partial charge >= 0.3 is 0 Å². The fourth-order valence-corrected chi connectivity index (χ4v) is 2.22. The summed E-state index contributed by atoms with van der Waals surface area (Å²) in [6.07, 6.45) is 2.68. The van der Waals surface area contributed by atoms with E-state index in [-0.39, 0.29) is 24.4 Å². The third kappa shape index (κ3) is 3.20. The molecule has 5 nitrogen and oxygen atoms in total. The lowest BCUT2D eigenvalue weighted by molar-refractivity contribution is 0.0892. The predicted octanol–water partition coefficient (Wildman–Crippen LogP) is 0.948. The lowest BCUT2D eigenvalue weighted by atomic mass is 9.89. The maximum absolute atomic E-state index is 11.9. The van der Waals surface area contributed by atoms with Crippen LogP contribution in [-0.4, -0.2) is 34.7 Å². The van der Waals surface area contributed by atoms with Gasteiger partial charge in [0, 0.05) is 18.3 Å². The first-order valence-corrected chi connectivity index (χ1v) is 5.72. The van der Waals surface area contributed by atoms with Crippen LogP contribution in [0.5, 0.6) is 0 Å². The molecule has 0 aliphatic carbocycles. The second-order valence-electron chi connectivity index (χ2n) is 4.48. The van der Waals surface area contributed by atoms with Crippen molar-refractivity contribution in [2.45, 2.75) is 32.4 Å². The van der Waals surface area contributed by atoms with Crippen LogP contribution in [0.2, 0.25) is 0 Å². The van der Waals surface area contributed by atoms with Gasteiger partial charge in [0.25, 0.3) is 5.91 Å². The molecular weight excluding hydrogens is 240 g/mol. The zero-order valence-electron chi connectivity index (χ0n) is 10.1. The first kappa shape index (κ1) is 14.0. The quantitative estimate of drug-likeness (QED) is 0.740. The number of halogens is 1. The highest BCUT2D eigenvalue weighted by atomic mass is 35.5. The van der Waals surface area contributed by atoms with Crippen LogP contribution >= 0.6 is 12.4 Å². The van der Waals surface area contributed by atoms with Crippen LogP contribution in [-0.2, 0) is 0 Å². The second kappa shape index (κ2) is 6.02. The minimum Gasteiger partial charge on any atom is -0.346 e. The van der Waals surface area contributed by atoms with Crippen molar-refractivity contribution in [3.05, 3.63) is 18.0 Å². The van der Waals surface area contributed by atoms with Crippen molar-refractivity contribution in [2.24, 2.45) is 5.92 Å². The summed E-state index contributed by atoms with van der Waals surface area (Å²) in [5, 5.41) is 12.9. The van der Waals surface area contributed by atoms with Gasteiger partial charge in [-0.15, -0.1) is 12.4 Å². The average Bonchev–Trinajstić information content (AvgIpc) is 2.76. The smallest absolute Gasteiger partial charge is 0.269 e. The van der Waals surface area contributed by atoms with E-state index in [4.69, 9.17) is 0 Å². The fourth-order valence-electron chi connectivity index (χ4n) is 2.22. The third-order valence-electron chi connectivity index (χ3n) is 3.26. The summed E-state index contributed by atoms with van der Waals surface area (Å²) in [6, 6.07) is 2.18. The normalized spacial score (nSPS) is 28.2. The number of nitrogens with one attached hydrogen (secondary N) is 3. The molecule has 3 N–H and O–H groups in total. The van der Waals surface area contributed by atoms with E-state index in [0.717, 1.165) is 13.0 Å². The molecule has 1 aromatic rings. The molecule has 6 heteroatoms. The molecule has 2 rings (SSSR count).